The molecule has 0 aliphatic carbocycles. The van der Waals surface area contributed by atoms with E-state index in [2.05, 4.69) is 36.3 Å². The molecule has 134 valence electrons. The zero-order valence-corrected chi connectivity index (χ0v) is 15.2. The van der Waals surface area contributed by atoms with E-state index in [1.807, 2.05) is 6.07 Å². The molecule has 5 nitrogen and oxygen atoms in total. The summed E-state index contributed by atoms with van der Waals surface area (Å²) < 4.78 is 0. The molecule has 25 heavy (non-hydrogen) atoms. The largest absolute Gasteiger partial charge is 0.358 e. The number of nitrogens with zero attached hydrogens (tertiary/aromatic N) is 1. The Morgan fingerprint density at radius 1 is 1.20 bits per heavy atom. The standard InChI is InChI=1S/C20H27N3O2/c1-14-15(2)22-18-9-8-16(11-17(14)18)12-21-19(24)13-23-10-6-4-3-5-7-20(23)25/h8-9,11,22H,3-7,10,12-13H2,1-2H3,(H,21,24). The molecule has 5 heteroatoms. The van der Waals surface area contributed by atoms with E-state index in [-0.39, 0.29) is 18.4 Å². The van der Waals surface area contributed by atoms with Crippen molar-refractivity contribution in [2.24, 2.45) is 0 Å². The molecule has 0 saturated carbocycles. The number of aryl methyl sites for hydroxylation is 2. The van der Waals surface area contributed by atoms with Crippen molar-refractivity contribution >= 4 is 22.7 Å². The molecule has 3 rings (SSSR count). The third-order valence-electron chi connectivity index (χ3n) is 5.12. The number of aromatic nitrogens is 1. The van der Waals surface area contributed by atoms with Gasteiger partial charge in [0.1, 0.15) is 0 Å². The molecule has 1 saturated heterocycles. The van der Waals surface area contributed by atoms with Gasteiger partial charge in [0.25, 0.3) is 0 Å². The van der Waals surface area contributed by atoms with Crippen LogP contribution in [0.5, 0.6) is 0 Å². The van der Waals surface area contributed by atoms with E-state index >= 15 is 0 Å². The van der Waals surface area contributed by atoms with E-state index in [1.165, 1.54) is 16.6 Å². The van der Waals surface area contributed by atoms with Crippen LogP contribution < -0.4 is 5.32 Å². The molecule has 2 heterocycles. The molecule has 1 aliphatic heterocycles. The molecule has 0 bridgehead atoms. The highest BCUT2D eigenvalue weighted by Gasteiger charge is 2.18. The molecule has 0 unspecified atom stereocenters. The Bertz CT molecular complexity index is 779. The SMILES string of the molecule is Cc1[nH]c2ccc(CNC(=O)CN3CCCCCCC3=O)cc2c1C. The second-order valence-electron chi connectivity index (χ2n) is 7.01. The fraction of sp³-hybridized carbons (Fsp3) is 0.500. The summed E-state index contributed by atoms with van der Waals surface area (Å²) in [5.41, 5.74) is 4.61. The third-order valence-corrected chi connectivity index (χ3v) is 5.12. The summed E-state index contributed by atoms with van der Waals surface area (Å²) in [4.78, 5) is 29.4. The molecule has 2 amide bonds. The molecule has 1 aromatic carbocycles. The summed E-state index contributed by atoms with van der Waals surface area (Å²) in [6.07, 6.45) is 4.75. The van der Waals surface area contributed by atoms with Crippen molar-refractivity contribution in [3.63, 3.8) is 0 Å². The van der Waals surface area contributed by atoms with Gasteiger partial charge in [-0.15, -0.1) is 0 Å². The van der Waals surface area contributed by atoms with Gasteiger partial charge in [-0.1, -0.05) is 18.9 Å². The topological polar surface area (TPSA) is 65.2 Å². The molecular formula is C20H27N3O2. The number of benzene rings is 1. The van der Waals surface area contributed by atoms with Gasteiger partial charge < -0.3 is 15.2 Å². The molecule has 2 N–H and O–H groups in total. The zero-order valence-electron chi connectivity index (χ0n) is 15.2. The molecule has 1 aromatic heterocycles. The maximum absolute atomic E-state index is 12.3. The smallest absolute Gasteiger partial charge is 0.239 e. The minimum Gasteiger partial charge on any atom is -0.358 e. The average Bonchev–Trinajstić information content (AvgIpc) is 2.87. The Morgan fingerprint density at radius 3 is 2.84 bits per heavy atom. The highest BCUT2D eigenvalue weighted by atomic mass is 16.2. The van der Waals surface area contributed by atoms with Gasteiger partial charge >= 0.3 is 0 Å². The van der Waals surface area contributed by atoms with Gasteiger partial charge in [-0.25, -0.2) is 0 Å². The minimum atomic E-state index is -0.0870. The van der Waals surface area contributed by atoms with E-state index in [0.717, 1.165) is 36.8 Å². The molecule has 2 aromatic rings. The zero-order chi connectivity index (χ0) is 17.8. The number of likely N-dealkylation sites (tertiary alicyclic amines) is 1. The first-order chi connectivity index (χ1) is 12.0. The van der Waals surface area contributed by atoms with Gasteiger partial charge in [0, 0.05) is 36.1 Å². The van der Waals surface area contributed by atoms with E-state index in [1.54, 1.807) is 4.90 Å². The molecular weight excluding hydrogens is 314 g/mol. The van der Waals surface area contributed by atoms with Crippen LogP contribution in [0, 0.1) is 13.8 Å². The van der Waals surface area contributed by atoms with Gasteiger partial charge in [-0.05, 0) is 49.9 Å². The number of nitrogens with one attached hydrogen (secondary N) is 2. The van der Waals surface area contributed by atoms with Crippen molar-refractivity contribution < 1.29 is 9.59 Å². The van der Waals surface area contributed by atoms with Crippen LogP contribution >= 0.6 is 0 Å². The van der Waals surface area contributed by atoms with Crippen molar-refractivity contribution in [3.05, 3.63) is 35.0 Å². The van der Waals surface area contributed by atoms with Crippen LogP contribution in [0.3, 0.4) is 0 Å². The Labute approximate surface area is 148 Å². The molecule has 0 atom stereocenters. The molecule has 0 spiro atoms. The summed E-state index contributed by atoms with van der Waals surface area (Å²) in [7, 11) is 0. The Kier molecular flexibility index (Phi) is 5.41. The average molecular weight is 341 g/mol. The molecule has 1 fully saturated rings. The lowest BCUT2D eigenvalue weighted by molar-refractivity contribution is -0.136. The van der Waals surface area contributed by atoms with Gasteiger partial charge in [0.2, 0.25) is 11.8 Å². The lowest BCUT2D eigenvalue weighted by atomic mass is 10.1. The van der Waals surface area contributed by atoms with Crippen molar-refractivity contribution in [2.45, 2.75) is 52.5 Å². The summed E-state index contributed by atoms with van der Waals surface area (Å²) in [5.74, 6) is 0.0192. The van der Waals surface area contributed by atoms with Crippen molar-refractivity contribution in [1.29, 1.82) is 0 Å². The molecule has 1 aliphatic rings. The van der Waals surface area contributed by atoms with Crippen LogP contribution in [0.15, 0.2) is 18.2 Å². The first-order valence-corrected chi connectivity index (χ1v) is 9.17. The predicted octanol–water partition coefficient (Wildman–Crippen LogP) is 3.19. The Hall–Kier alpha value is -2.30. The van der Waals surface area contributed by atoms with E-state index in [0.29, 0.717) is 19.5 Å². The first-order valence-electron chi connectivity index (χ1n) is 9.17. The normalized spacial score (nSPS) is 15.9. The van der Waals surface area contributed by atoms with Crippen LogP contribution in [-0.4, -0.2) is 34.8 Å². The number of H-pyrrole nitrogens is 1. The highest BCUT2D eigenvalue weighted by Crippen LogP contribution is 2.22. The van der Waals surface area contributed by atoms with E-state index in [9.17, 15) is 9.59 Å². The van der Waals surface area contributed by atoms with Crippen molar-refractivity contribution in [1.82, 2.24) is 15.2 Å². The summed E-state index contributed by atoms with van der Waals surface area (Å²) in [5, 5.41) is 4.15. The number of amides is 2. The fourth-order valence-electron chi connectivity index (χ4n) is 3.43. The second-order valence-corrected chi connectivity index (χ2v) is 7.01. The van der Waals surface area contributed by atoms with Crippen LogP contribution in [0.1, 0.15) is 48.9 Å². The quantitative estimate of drug-likeness (QED) is 0.897. The Balaban J connectivity index is 1.58. The number of fused-ring (bicyclic) bond motifs is 1. The van der Waals surface area contributed by atoms with Gasteiger partial charge in [0.15, 0.2) is 0 Å². The fourth-order valence-corrected chi connectivity index (χ4v) is 3.43. The lowest BCUT2D eigenvalue weighted by Gasteiger charge is -2.24. The van der Waals surface area contributed by atoms with Crippen LogP contribution in [0.4, 0.5) is 0 Å². The number of carbonyl (C=O) groups excluding carboxylic acids is 2. The number of hydrogen-bond acceptors (Lipinski definition) is 2. The molecule has 0 radical (unpaired) electrons. The Morgan fingerprint density at radius 2 is 2.00 bits per heavy atom. The van der Waals surface area contributed by atoms with Gasteiger partial charge in [-0.3, -0.25) is 9.59 Å². The number of aromatic amines is 1. The monoisotopic (exact) mass is 341 g/mol. The van der Waals surface area contributed by atoms with E-state index < -0.39 is 0 Å². The lowest BCUT2D eigenvalue weighted by Crippen LogP contribution is -2.41. The first kappa shape index (κ1) is 17.5. The van der Waals surface area contributed by atoms with Crippen LogP contribution in [-0.2, 0) is 16.1 Å². The maximum atomic E-state index is 12.3. The van der Waals surface area contributed by atoms with E-state index in [4.69, 9.17) is 0 Å². The number of rotatable bonds is 4. The maximum Gasteiger partial charge on any atom is 0.239 e. The summed E-state index contributed by atoms with van der Waals surface area (Å²) in [6, 6.07) is 6.20. The second kappa shape index (κ2) is 7.72. The summed E-state index contributed by atoms with van der Waals surface area (Å²) >= 11 is 0. The van der Waals surface area contributed by atoms with Gasteiger partial charge in [-0.2, -0.15) is 0 Å². The van der Waals surface area contributed by atoms with Gasteiger partial charge in [0.05, 0.1) is 6.54 Å². The van der Waals surface area contributed by atoms with Crippen LogP contribution in [0.25, 0.3) is 10.9 Å². The highest BCUT2D eigenvalue weighted by molar-refractivity contribution is 5.86. The number of carbonyl (C=O) groups is 2. The number of hydrogen-bond donors (Lipinski definition) is 2. The van der Waals surface area contributed by atoms with Crippen molar-refractivity contribution in [2.75, 3.05) is 13.1 Å². The van der Waals surface area contributed by atoms with Crippen LogP contribution in [0.2, 0.25) is 0 Å². The summed E-state index contributed by atoms with van der Waals surface area (Å²) in [6.45, 7) is 5.52. The van der Waals surface area contributed by atoms with Crippen molar-refractivity contribution in [3.8, 4) is 0 Å². The predicted molar refractivity (Wildman–Crippen MR) is 99.3 cm³/mol. The third kappa shape index (κ3) is 4.21. The minimum absolute atomic E-state index is 0.0870.